The van der Waals surface area contributed by atoms with E-state index in [9.17, 15) is 4.79 Å². The topological polar surface area (TPSA) is 75.1 Å². The number of carbonyl (C=O) groups excluding carboxylic acids is 1. The van der Waals surface area contributed by atoms with Crippen molar-refractivity contribution in [3.63, 3.8) is 0 Å². The fourth-order valence-electron chi connectivity index (χ4n) is 0.839. The summed E-state index contributed by atoms with van der Waals surface area (Å²) < 4.78 is 4.76. The minimum absolute atomic E-state index is 0.177. The zero-order chi connectivity index (χ0) is 7.40. The van der Waals surface area contributed by atoms with Crippen LogP contribution >= 0.6 is 0 Å². The summed E-state index contributed by atoms with van der Waals surface area (Å²) in [6.45, 7) is 0.266. The van der Waals surface area contributed by atoms with Gasteiger partial charge in [0.1, 0.15) is 6.10 Å². The molecule has 10 heavy (non-hydrogen) atoms. The first-order valence-electron chi connectivity index (χ1n) is 3.03. The Morgan fingerprint density at radius 3 is 3.20 bits per heavy atom. The third kappa shape index (κ3) is 1.63. The van der Waals surface area contributed by atoms with Crippen LogP contribution in [-0.4, -0.2) is 18.6 Å². The molecule has 1 aliphatic heterocycles. The molecule has 0 amide bonds. The molecule has 0 aromatic rings. The summed E-state index contributed by atoms with van der Waals surface area (Å²) in [6.07, 6.45) is 0.951. The molecule has 5 nitrogen and oxygen atoms in total. The van der Waals surface area contributed by atoms with Gasteiger partial charge in [-0.2, -0.15) is 0 Å². The number of esters is 1. The number of ether oxygens (including phenoxy) is 1. The van der Waals surface area contributed by atoms with Gasteiger partial charge in [0.05, 0.1) is 6.54 Å². The second-order valence-electron chi connectivity index (χ2n) is 2.06. The van der Waals surface area contributed by atoms with Gasteiger partial charge in [-0.3, -0.25) is 4.79 Å². The molecule has 1 heterocycles. The number of azide groups is 1. The summed E-state index contributed by atoms with van der Waals surface area (Å²) >= 11 is 0. The van der Waals surface area contributed by atoms with Gasteiger partial charge in [-0.15, -0.1) is 0 Å². The monoisotopic (exact) mass is 141 g/mol. The van der Waals surface area contributed by atoms with E-state index in [2.05, 4.69) is 10.0 Å². The molecule has 0 aromatic carbocycles. The van der Waals surface area contributed by atoms with Gasteiger partial charge in [-0.05, 0) is 12.0 Å². The van der Waals surface area contributed by atoms with Gasteiger partial charge in [0.25, 0.3) is 0 Å². The Hall–Kier alpha value is -1.22. The van der Waals surface area contributed by atoms with Crippen molar-refractivity contribution in [2.45, 2.75) is 18.9 Å². The van der Waals surface area contributed by atoms with Gasteiger partial charge in [0, 0.05) is 11.3 Å². The van der Waals surface area contributed by atoms with Crippen LogP contribution in [0.1, 0.15) is 12.8 Å². The maximum Gasteiger partial charge on any atom is 0.306 e. The maximum absolute atomic E-state index is 10.5. The van der Waals surface area contributed by atoms with E-state index in [1.165, 1.54) is 0 Å². The average molecular weight is 141 g/mol. The summed E-state index contributed by atoms with van der Waals surface area (Å²) in [4.78, 5) is 13.0. The Balaban J connectivity index is 2.31. The van der Waals surface area contributed by atoms with E-state index in [-0.39, 0.29) is 18.6 Å². The van der Waals surface area contributed by atoms with Gasteiger partial charge in [0.2, 0.25) is 0 Å². The van der Waals surface area contributed by atoms with Gasteiger partial charge >= 0.3 is 5.97 Å². The van der Waals surface area contributed by atoms with Crippen molar-refractivity contribution in [3.05, 3.63) is 10.4 Å². The molecule has 0 radical (unpaired) electrons. The summed E-state index contributed by atoms with van der Waals surface area (Å²) in [5.74, 6) is -0.196. The molecular weight excluding hydrogens is 134 g/mol. The quantitative estimate of drug-likeness (QED) is 0.249. The third-order valence-electron chi connectivity index (χ3n) is 1.32. The van der Waals surface area contributed by atoms with Crippen LogP contribution in [-0.2, 0) is 9.53 Å². The van der Waals surface area contributed by atoms with E-state index in [4.69, 9.17) is 10.3 Å². The lowest BCUT2D eigenvalue weighted by molar-refractivity contribution is -0.141. The lowest BCUT2D eigenvalue weighted by Gasteiger charge is -2.01. The van der Waals surface area contributed by atoms with E-state index in [1.807, 2.05) is 0 Å². The van der Waals surface area contributed by atoms with Crippen molar-refractivity contribution >= 4 is 5.97 Å². The van der Waals surface area contributed by atoms with Crippen molar-refractivity contribution in [2.24, 2.45) is 5.11 Å². The van der Waals surface area contributed by atoms with Crippen LogP contribution < -0.4 is 0 Å². The third-order valence-corrected chi connectivity index (χ3v) is 1.32. The molecule has 5 heteroatoms. The number of hydrogen-bond acceptors (Lipinski definition) is 3. The Labute approximate surface area is 57.6 Å². The molecule has 0 N–H and O–H groups in total. The smallest absolute Gasteiger partial charge is 0.306 e. The lowest BCUT2D eigenvalue weighted by Crippen LogP contribution is -2.09. The number of nitrogens with zero attached hydrogens (tertiary/aromatic N) is 3. The van der Waals surface area contributed by atoms with E-state index in [0.717, 1.165) is 0 Å². The predicted molar refractivity (Wildman–Crippen MR) is 33.1 cm³/mol. The molecule has 0 aliphatic carbocycles. The van der Waals surface area contributed by atoms with Gasteiger partial charge in [-0.25, -0.2) is 0 Å². The Morgan fingerprint density at radius 2 is 2.70 bits per heavy atom. The zero-order valence-electron chi connectivity index (χ0n) is 5.36. The normalized spacial score (nSPS) is 23.6. The van der Waals surface area contributed by atoms with E-state index in [0.29, 0.717) is 12.8 Å². The fourth-order valence-corrected chi connectivity index (χ4v) is 0.839. The molecule has 0 spiro atoms. The first-order valence-corrected chi connectivity index (χ1v) is 3.03. The summed E-state index contributed by atoms with van der Waals surface area (Å²) in [5.41, 5.74) is 7.91. The van der Waals surface area contributed by atoms with Crippen LogP contribution in [0.2, 0.25) is 0 Å². The standard InChI is InChI=1S/C5H7N3O2/c6-8-7-3-4-1-2-5(9)10-4/h4H,1-3H2/t4-/m0/s1. The summed E-state index contributed by atoms with van der Waals surface area (Å²) in [5, 5.41) is 3.29. The molecule has 54 valence electrons. The van der Waals surface area contributed by atoms with E-state index >= 15 is 0 Å². The predicted octanol–water partition coefficient (Wildman–Crippen LogP) is 1.00. The highest BCUT2D eigenvalue weighted by molar-refractivity contribution is 5.71. The second kappa shape index (κ2) is 3.08. The van der Waals surface area contributed by atoms with Crippen LogP contribution in [0.15, 0.2) is 5.11 Å². The van der Waals surface area contributed by atoms with Crippen molar-refractivity contribution in [1.82, 2.24) is 0 Å². The van der Waals surface area contributed by atoms with Crippen LogP contribution in [0.3, 0.4) is 0 Å². The highest BCUT2D eigenvalue weighted by Gasteiger charge is 2.21. The first-order chi connectivity index (χ1) is 4.83. The minimum Gasteiger partial charge on any atom is -0.462 e. The van der Waals surface area contributed by atoms with Crippen molar-refractivity contribution in [1.29, 1.82) is 0 Å². The van der Waals surface area contributed by atoms with Crippen molar-refractivity contribution in [3.8, 4) is 0 Å². The van der Waals surface area contributed by atoms with Crippen LogP contribution in [0, 0.1) is 0 Å². The lowest BCUT2D eigenvalue weighted by atomic mass is 10.2. The molecule has 0 bridgehead atoms. The Bertz CT molecular complexity index is 185. The highest BCUT2D eigenvalue weighted by Crippen LogP contribution is 2.13. The number of cyclic esters (lactones) is 1. The largest absolute Gasteiger partial charge is 0.462 e. The maximum atomic E-state index is 10.5. The molecular formula is C5H7N3O2. The fraction of sp³-hybridized carbons (Fsp3) is 0.800. The molecule has 1 rings (SSSR count). The minimum atomic E-state index is -0.196. The molecule has 1 atom stereocenters. The number of hydrogen-bond donors (Lipinski definition) is 0. The van der Waals surface area contributed by atoms with Crippen LogP contribution in [0.4, 0.5) is 0 Å². The van der Waals surface area contributed by atoms with E-state index in [1.54, 1.807) is 0 Å². The Kier molecular flexibility index (Phi) is 2.12. The molecule has 0 unspecified atom stereocenters. The highest BCUT2D eigenvalue weighted by atomic mass is 16.5. The molecule has 0 aromatic heterocycles. The second-order valence-corrected chi connectivity index (χ2v) is 2.06. The Morgan fingerprint density at radius 1 is 1.90 bits per heavy atom. The van der Waals surface area contributed by atoms with Crippen LogP contribution in [0.25, 0.3) is 10.4 Å². The van der Waals surface area contributed by atoms with Gasteiger partial charge in [0.15, 0.2) is 0 Å². The number of rotatable bonds is 2. The molecule has 0 saturated carbocycles. The van der Waals surface area contributed by atoms with Crippen LogP contribution in [0.5, 0.6) is 0 Å². The molecule has 1 saturated heterocycles. The van der Waals surface area contributed by atoms with E-state index < -0.39 is 0 Å². The average Bonchev–Trinajstić information content (AvgIpc) is 2.31. The van der Waals surface area contributed by atoms with Gasteiger partial charge in [-0.1, -0.05) is 5.11 Å². The SMILES string of the molecule is [N-]=[N+]=NC[C@@H]1CCC(=O)O1. The first kappa shape index (κ1) is 6.89. The van der Waals surface area contributed by atoms with Crippen molar-refractivity contribution in [2.75, 3.05) is 6.54 Å². The zero-order valence-corrected chi connectivity index (χ0v) is 5.36. The molecule has 1 fully saturated rings. The molecule has 1 aliphatic rings. The summed E-state index contributed by atoms with van der Waals surface area (Å²) in [7, 11) is 0. The number of carbonyl (C=O) groups is 1. The van der Waals surface area contributed by atoms with Crippen molar-refractivity contribution < 1.29 is 9.53 Å². The van der Waals surface area contributed by atoms with Gasteiger partial charge < -0.3 is 4.74 Å². The summed E-state index contributed by atoms with van der Waals surface area (Å²) in [6, 6.07) is 0.